The minimum atomic E-state index is -4.03. The maximum absolute atomic E-state index is 15.0. The molecule has 0 spiro atoms. The number of alkyl halides is 2. The number of nitrogens with zero attached hydrogens (tertiary/aromatic N) is 4. The smallest absolute Gasteiger partial charge is 0.380 e. The maximum Gasteiger partial charge on any atom is 0.380 e. The molecule has 2 saturated heterocycles. The number of rotatable bonds is 20. The summed E-state index contributed by atoms with van der Waals surface area (Å²) in [7, 11) is -8.04. The number of aryl methyl sites for hydroxylation is 2. The van der Waals surface area contributed by atoms with E-state index in [4.69, 9.17) is 36.7 Å². The molecule has 0 amide bonds. The van der Waals surface area contributed by atoms with Crippen LogP contribution in [0.15, 0.2) is 87.3 Å². The number of halogens is 2. The Morgan fingerprint density at radius 1 is 0.724 bits per heavy atom. The topological polar surface area (TPSA) is 256 Å². The fourth-order valence-corrected chi connectivity index (χ4v) is 14.9. The highest BCUT2D eigenvalue weighted by Gasteiger charge is 2.48. The van der Waals surface area contributed by atoms with Gasteiger partial charge in [0.05, 0.1) is 73.0 Å². The number of hydrogen-bond donors (Lipinski definition) is 2. The monoisotopic (exact) mass is 1140 g/mol. The summed E-state index contributed by atoms with van der Waals surface area (Å²) in [6.07, 6.45) is -2.81. The van der Waals surface area contributed by atoms with Crippen LogP contribution in [0.2, 0.25) is 0 Å². The van der Waals surface area contributed by atoms with E-state index in [2.05, 4.69) is 9.97 Å². The molecular weight excluding hydrogens is 1080 g/mol. The highest BCUT2D eigenvalue weighted by Crippen LogP contribution is 2.54. The molecule has 5 aromatic rings. The number of esters is 2. The van der Waals surface area contributed by atoms with Crippen LogP contribution in [0.3, 0.4) is 0 Å². The summed E-state index contributed by atoms with van der Waals surface area (Å²) in [5, 5.41) is 18.1. The molecule has 3 aliphatic heterocycles. The predicted octanol–water partition coefficient (Wildman–Crippen LogP) is 8.16. The highest BCUT2D eigenvalue weighted by molar-refractivity contribution is 8.00. The van der Waals surface area contributed by atoms with Gasteiger partial charge in [0, 0.05) is 47.7 Å². The van der Waals surface area contributed by atoms with Crippen LogP contribution in [-0.4, -0.2) is 121 Å². The van der Waals surface area contributed by atoms with E-state index in [-0.39, 0.29) is 49.2 Å². The van der Waals surface area contributed by atoms with Crippen molar-refractivity contribution < 1.29 is 74.4 Å². The first kappa shape index (κ1) is 58.6. The number of aromatic nitrogens is 4. The number of thioether (sulfide) groups is 2. The molecule has 20 nitrogen and oxygen atoms in total. The Labute approximate surface area is 445 Å². The summed E-state index contributed by atoms with van der Waals surface area (Å²) in [4.78, 5) is 57.1. The number of fused-ring (bicyclic) bond motifs is 2. The number of furan rings is 1. The van der Waals surface area contributed by atoms with Crippen LogP contribution in [-0.2, 0) is 43.7 Å². The lowest BCUT2D eigenvalue weighted by Gasteiger charge is -2.24. The second kappa shape index (κ2) is 25.2. The van der Waals surface area contributed by atoms with Gasteiger partial charge in [-0.25, -0.2) is 27.5 Å². The molecule has 0 radical (unpaired) electrons. The van der Waals surface area contributed by atoms with Crippen molar-refractivity contribution in [3.8, 4) is 17.2 Å². The second-order valence-corrected chi connectivity index (χ2v) is 25.9. The Bertz CT molecular complexity index is 3070. The Morgan fingerprint density at radius 2 is 1.20 bits per heavy atom. The number of benzene rings is 2. The van der Waals surface area contributed by atoms with Crippen LogP contribution in [0.1, 0.15) is 69.2 Å². The van der Waals surface area contributed by atoms with Gasteiger partial charge in [-0.3, -0.25) is 27.8 Å². The lowest BCUT2D eigenvalue weighted by atomic mass is 10.1. The fourth-order valence-electron chi connectivity index (χ4n) is 8.15. The first-order valence-corrected chi connectivity index (χ1v) is 29.8. The zero-order valence-electron chi connectivity index (χ0n) is 43.0. The average molecular weight is 1140 g/mol. The average Bonchev–Trinajstić information content (AvgIpc) is 4.14. The van der Waals surface area contributed by atoms with E-state index in [1.807, 2.05) is 0 Å². The molecule has 2 aromatic carbocycles. The fraction of sp³-hybridized carbons (Fsp3) is 0.520. The van der Waals surface area contributed by atoms with Gasteiger partial charge in [0.15, 0.2) is 12.3 Å². The molecule has 12 atom stereocenters. The maximum atomic E-state index is 15.0. The predicted molar refractivity (Wildman–Crippen MR) is 280 cm³/mol. The van der Waals surface area contributed by atoms with E-state index in [0.29, 0.717) is 29.3 Å². The van der Waals surface area contributed by atoms with Gasteiger partial charge in [-0.1, -0.05) is 19.9 Å². The molecule has 76 heavy (non-hydrogen) atoms. The van der Waals surface area contributed by atoms with E-state index in [0.717, 1.165) is 50.0 Å². The molecule has 8 rings (SSSR count). The minimum absolute atomic E-state index is 0.193. The third-order valence-corrected chi connectivity index (χ3v) is 19.1. The number of aliphatic hydroxyl groups excluding tert-OH is 2. The van der Waals surface area contributed by atoms with Crippen molar-refractivity contribution in [1.29, 1.82) is 0 Å². The standard InChI is InChI=1S/C25H32FN2O8PS.C25H30FN2O8PS/c2*1-14(2)35-24(30)15(3)13-37(32,36-18-6-5-17-8-10-33-19(17)11-18)34-12-20-22(29)21(26)23(38-20)28-9-7-16(4)27-25(28)31/h5-7,9,11,14-15,20-23,29H,8,10,12-13H2,1-4H3;5-11,14-15,20-23,29H,12-13H2,1-4H3/t2*15-,20-,21+,22-,23-,37?/m11/s1. The van der Waals surface area contributed by atoms with Crippen molar-refractivity contribution in [2.75, 3.05) is 32.1 Å². The number of hydrogen-bond acceptors (Lipinski definition) is 20. The van der Waals surface area contributed by atoms with Gasteiger partial charge in [-0.05, 0) is 83.5 Å². The Kier molecular flexibility index (Phi) is 19.4. The SMILES string of the molecule is Cc1ccn([C@@H]2S[C@H](COP(=O)(C[C@@H](C)C(=O)OC(C)C)Oc3ccc4c(c3)OCC4)[C@@H](O)[C@@H]2F)c(=O)n1.Cc1ccn([C@@H]2S[C@H](COP(=O)(C[C@@H](C)C(=O)OC(C)C)Oc3ccc4ccoc4c3)[C@@H](O)[C@@H]2F)c(=O)n1. The highest BCUT2D eigenvalue weighted by atomic mass is 32.2. The van der Waals surface area contributed by atoms with Gasteiger partial charge < -0.3 is 37.9 Å². The third-order valence-electron chi connectivity index (χ3n) is 12.0. The molecular formula is C50H62F2N4O16P2S2. The summed E-state index contributed by atoms with van der Waals surface area (Å²) in [5.41, 5.74) is 1.20. The lowest BCUT2D eigenvalue weighted by Crippen LogP contribution is -2.33. The number of aliphatic hydroxyl groups is 2. The molecule has 3 aromatic heterocycles. The van der Waals surface area contributed by atoms with E-state index >= 15 is 8.78 Å². The Hall–Kier alpha value is -5.06. The molecule has 3 aliphatic rings. The zero-order chi connectivity index (χ0) is 55.2. The number of ether oxygens (including phenoxy) is 3. The summed E-state index contributed by atoms with van der Waals surface area (Å²) in [6, 6.07) is 14.8. The van der Waals surface area contributed by atoms with E-state index in [9.17, 15) is 38.5 Å². The van der Waals surface area contributed by atoms with E-state index in [1.54, 1.807) is 110 Å². The number of carbonyl (C=O) groups excluding carboxylic acids is 2. The molecule has 2 N–H and O–H groups in total. The van der Waals surface area contributed by atoms with Crippen LogP contribution >= 0.6 is 38.7 Å². The van der Waals surface area contributed by atoms with Gasteiger partial charge in [0.2, 0.25) is 0 Å². The van der Waals surface area contributed by atoms with Crippen LogP contribution < -0.4 is 25.2 Å². The molecule has 414 valence electrons. The van der Waals surface area contributed by atoms with Gasteiger partial charge >= 0.3 is 38.5 Å². The van der Waals surface area contributed by atoms with Crippen molar-refractivity contribution in [3.63, 3.8) is 0 Å². The Morgan fingerprint density at radius 3 is 1.67 bits per heavy atom. The van der Waals surface area contributed by atoms with Crippen molar-refractivity contribution in [3.05, 3.63) is 111 Å². The van der Waals surface area contributed by atoms with Crippen molar-refractivity contribution in [2.24, 2.45) is 11.8 Å². The quantitative estimate of drug-likeness (QED) is 0.0550. The lowest BCUT2D eigenvalue weighted by molar-refractivity contribution is -0.152. The minimum Gasteiger partial charge on any atom is -0.493 e. The van der Waals surface area contributed by atoms with E-state index in [1.165, 1.54) is 18.7 Å². The molecule has 2 unspecified atom stereocenters. The second-order valence-electron chi connectivity index (χ2n) is 19.1. The normalized spacial score (nSPS) is 24.4. The first-order chi connectivity index (χ1) is 35.9. The molecule has 0 bridgehead atoms. The van der Waals surface area contributed by atoms with Gasteiger partial charge in [0.1, 0.15) is 45.8 Å². The van der Waals surface area contributed by atoms with Crippen molar-refractivity contribution in [2.45, 2.75) is 120 Å². The Balaban J connectivity index is 0.000000221. The van der Waals surface area contributed by atoms with Crippen LogP contribution in [0.5, 0.6) is 17.2 Å². The van der Waals surface area contributed by atoms with Crippen LogP contribution in [0.4, 0.5) is 8.78 Å². The molecule has 0 aliphatic carbocycles. The first-order valence-electron chi connectivity index (χ1n) is 24.5. The van der Waals surface area contributed by atoms with Crippen LogP contribution in [0, 0.1) is 25.7 Å². The van der Waals surface area contributed by atoms with Gasteiger partial charge in [0.25, 0.3) is 0 Å². The van der Waals surface area contributed by atoms with Crippen molar-refractivity contribution in [1.82, 2.24) is 19.1 Å². The summed E-state index contributed by atoms with van der Waals surface area (Å²) in [5.74, 6) is -1.75. The third kappa shape index (κ3) is 14.7. The number of carbonyl (C=O) groups is 2. The van der Waals surface area contributed by atoms with E-state index < -0.39 is 96.1 Å². The summed E-state index contributed by atoms with van der Waals surface area (Å²) < 4.78 is 105. The molecule has 26 heteroatoms. The zero-order valence-corrected chi connectivity index (χ0v) is 46.4. The largest absolute Gasteiger partial charge is 0.493 e. The van der Waals surface area contributed by atoms with Crippen molar-refractivity contribution >= 4 is 61.6 Å². The molecule has 2 fully saturated rings. The molecule has 0 saturated carbocycles. The summed E-state index contributed by atoms with van der Waals surface area (Å²) >= 11 is 1.95. The van der Waals surface area contributed by atoms with Gasteiger partial charge in [-0.2, -0.15) is 9.97 Å². The molecule has 6 heterocycles. The summed E-state index contributed by atoms with van der Waals surface area (Å²) in [6.45, 7) is 13.0. The van der Waals surface area contributed by atoms with Crippen LogP contribution in [0.25, 0.3) is 11.0 Å². The van der Waals surface area contributed by atoms with Gasteiger partial charge in [-0.15, -0.1) is 23.5 Å².